The van der Waals surface area contributed by atoms with Crippen LogP contribution in [-0.4, -0.2) is 60.8 Å². The van der Waals surface area contributed by atoms with Gasteiger partial charge < -0.3 is 19.9 Å². The molecule has 2 aliphatic rings. The number of carboxylic acid groups (broad SMARTS) is 1. The van der Waals surface area contributed by atoms with Crippen LogP contribution in [0.15, 0.2) is 24.3 Å². The quantitative estimate of drug-likeness (QED) is 0.656. The zero-order valence-electron chi connectivity index (χ0n) is 15.0. The van der Waals surface area contributed by atoms with Gasteiger partial charge in [0, 0.05) is 18.6 Å². The van der Waals surface area contributed by atoms with Gasteiger partial charge in [0.2, 0.25) is 0 Å². The van der Waals surface area contributed by atoms with Gasteiger partial charge in [-0.05, 0) is 43.7 Å². The van der Waals surface area contributed by atoms with E-state index in [1.165, 1.54) is 12.8 Å². The highest BCUT2D eigenvalue weighted by molar-refractivity contribution is 5.78. The Labute approximate surface area is 153 Å². The second-order valence-electron chi connectivity index (χ2n) is 7.10. The lowest BCUT2D eigenvalue weighted by molar-refractivity contribution is -0.140. The van der Waals surface area contributed by atoms with E-state index in [-0.39, 0.29) is 31.1 Å². The summed E-state index contributed by atoms with van der Waals surface area (Å²) in [5, 5.41) is 12.0. The Morgan fingerprint density at radius 2 is 1.92 bits per heavy atom. The molecule has 2 aliphatic carbocycles. The molecule has 0 aromatic heterocycles. The average Bonchev–Trinajstić information content (AvgIpc) is 3.39. The van der Waals surface area contributed by atoms with Gasteiger partial charge in [0.1, 0.15) is 0 Å². The van der Waals surface area contributed by atoms with Gasteiger partial charge in [0.15, 0.2) is 18.1 Å². The molecular weight excluding hydrogens is 336 g/mol. The van der Waals surface area contributed by atoms with E-state index >= 15 is 0 Å². The molecular formula is C19H26N2O5. The van der Waals surface area contributed by atoms with Crippen molar-refractivity contribution in [1.82, 2.24) is 10.2 Å². The van der Waals surface area contributed by atoms with Gasteiger partial charge in [-0.1, -0.05) is 12.1 Å². The summed E-state index contributed by atoms with van der Waals surface area (Å²) in [5.41, 5.74) is 0. The number of carbonyl (C=O) groups excluding carboxylic acids is 1. The number of hydrogen-bond acceptors (Lipinski definition) is 5. The molecule has 0 bridgehead atoms. The van der Waals surface area contributed by atoms with Crippen LogP contribution >= 0.6 is 0 Å². The molecule has 26 heavy (non-hydrogen) atoms. The van der Waals surface area contributed by atoms with Gasteiger partial charge in [-0.25, -0.2) is 0 Å². The van der Waals surface area contributed by atoms with Crippen molar-refractivity contribution in [2.45, 2.75) is 37.8 Å². The number of ether oxygens (including phenoxy) is 2. The fourth-order valence-electron chi connectivity index (χ4n) is 3.30. The van der Waals surface area contributed by atoms with E-state index in [0.29, 0.717) is 17.4 Å². The molecule has 7 nitrogen and oxygen atoms in total. The van der Waals surface area contributed by atoms with Crippen LogP contribution in [0.1, 0.15) is 25.7 Å². The molecule has 1 amide bonds. The second-order valence-corrected chi connectivity index (χ2v) is 7.10. The monoisotopic (exact) mass is 362 g/mol. The van der Waals surface area contributed by atoms with Crippen LogP contribution in [-0.2, 0) is 9.59 Å². The van der Waals surface area contributed by atoms with Gasteiger partial charge in [-0.3, -0.25) is 14.5 Å². The Hall–Kier alpha value is -2.28. The van der Waals surface area contributed by atoms with Crippen molar-refractivity contribution in [3.8, 4) is 11.5 Å². The summed E-state index contributed by atoms with van der Waals surface area (Å²) in [6.45, 7) is 0.871. The zero-order chi connectivity index (χ0) is 18.5. The molecule has 0 spiro atoms. The lowest BCUT2D eigenvalue weighted by Gasteiger charge is -2.42. The van der Waals surface area contributed by atoms with Gasteiger partial charge in [0.25, 0.3) is 5.91 Å². The Bertz CT molecular complexity index is 641. The number of nitrogens with one attached hydrogen (secondary N) is 1. The molecule has 2 fully saturated rings. The SMILES string of the molecule is COc1ccccc1OCC(=O)NC1CC(N(CC(=O)O)CC2CC2)C1. The lowest BCUT2D eigenvalue weighted by atomic mass is 9.85. The third kappa shape index (κ3) is 5.11. The van der Waals surface area contributed by atoms with Crippen molar-refractivity contribution < 1.29 is 24.2 Å². The van der Waals surface area contributed by atoms with Gasteiger partial charge >= 0.3 is 5.97 Å². The second kappa shape index (κ2) is 8.40. The van der Waals surface area contributed by atoms with E-state index in [2.05, 4.69) is 5.32 Å². The van der Waals surface area contributed by atoms with Crippen LogP contribution in [0, 0.1) is 5.92 Å². The predicted molar refractivity (Wildman–Crippen MR) is 95.4 cm³/mol. The van der Waals surface area contributed by atoms with Crippen molar-refractivity contribution >= 4 is 11.9 Å². The van der Waals surface area contributed by atoms with Crippen LogP contribution in [0.2, 0.25) is 0 Å². The number of hydrogen-bond donors (Lipinski definition) is 2. The number of carbonyl (C=O) groups is 2. The minimum Gasteiger partial charge on any atom is -0.493 e. The Kier molecular flexibility index (Phi) is 5.98. The van der Waals surface area contributed by atoms with Crippen LogP contribution in [0.25, 0.3) is 0 Å². The maximum absolute atomic E-state index is 12.1. The molecule has 0 atom stereocenters. The molecule has 0 heterocycles. The molecule has 0 unspecified atom stereocenters. The molecule has 3 rings (SSSR count). The van der Waals surface area contributed by atoms with Crippen molar-refractivity contribution in [2.75, 3.05) is 26.8 Å². The third-order valence-electron chi connectivity index (χ3n) is 4.95. The first kappa shape index (κ1) is 18.5. The van der Waals surface area contributed by atoms with Crippen molar-refractivity contribution in [3.05, 3.63) is 24.3 Å². The van der Waals surface area contributed by atoms with E-state index in [9.17, 15) is 9.59 Å². The number of carboxylic acids is 1. The molecule has 0 aliphatic heterocycles. The van der Waals surface area contributed by atoms with Crippen LogP contribution < -0.4 is 14.8 Å². The maximum atomic E-state index is 12.1. The maximum Gasteiger partial charge on any atom is 0.317 e. The molecule has 2 N–H and O–H groups in total. The summed E-state index contributed by atoms with van der Waals surface area (Å²) < 4.78 is 10.7. The summed E-state index contributed by atoms with van der Waals surface area (Å²) in [6.07, 6.45) is 3.98. The van der Waals surface area contributed by atoms with E-state index in [4.69, 9.17) is 14.6 Å². The van der Waals surface area contributed by atoms with E-state index < -0.39 is 5.97 Å². The van der Waals surface area contributed by atoms with Crippen molar-refractivity contribution in [3.63, 3.8) is 0 Å². The molecule has 7 heteroatoms. The van der Waals surface area contributed by atoms with Crippen molar-refractivity contribution in [2.24, 2.45) is 5.92 Å². The normalized spacial score (nSPS) is 21.8. The number of aliphatic carboxylic acids is 1. The molecule has 1 aromatic carbocycles. The minimum absolute atomic E-state index is 0.0670. The summed E-state index contributed by atoms with van der Waals surface area (Å²) in [4.78, 5) is 25.2. The number of benzene rings is 1. The summed E-state index contributed by atoms with van der Waals surface area (Å²) in [7, 11) is 1.56. The van der Waals surface area contributed by atoms with E-state index in [1.54, 1.807) is 19.2 Å². The topological polar surface area (TPSA) is 88.1 Å². The first-order chi connectivity index (χ1) is 12.5. The summed E-state index contributed by atoms with van der Waals surface area (Å²) >= 11 is 0. The summed E-state index contributed by atoms with van der Waals surface area (Å²) in [5.74, 6) is 0.814. The fourth-order valence-corrected chi connectivity index (χ4v) is 3.30. The van der Waals surface area contributed by atoms with Gasteiger partial charge in [-0.15, -0.1) is 0 Å². The standard InChI is InChI=1S/C19H26N2O5/c1-25-16-4-2-3-5-17(16)26-12-18(22)20-14-8-15(9-14)21(11-19(23)24)10-13-6-7-13/h2-5,13-15H,6-12H2,1H3,(H,20,22)(H,23,24). The highest BCUT2D eigenvalue weighted by atomic mass is 16.5. The van der Waals surface area contributed by atoms with Crippen molar-refractivity contribution in [1.29, 1.82) is 0 Å². The van der Waals surface area contributed by atoms with Gasteiger partial charge in [-0.2, -0.15) is 0 Å². The molecule has 142 valence electrons. The number of amides is 1. The molecule has 2 saturated carbocycles. The number of para-hydroxylation sites is 2. The molecule has 0 radical (unpaired) electrons. The lowest BCUT2D eigenvalue weighted by Crippen LogP contribution is -2.55. The van der Waals surface area contributed by atoms with E-state index in [0.717, 1.165) is 19.4 Å². The van der Waals surface area contributed by atoms with Crippen LogP contribution in [0.5, 0.6) is 11.5 Å². The smallest absolute Gasteiger partial charge is 0.317 e. The molecule has 1 aromatic rings. The number of methoxy groups -OCH3 is 1. The van der Waals surface area contributed by atoms with Crippen LogP contribution in [0.4, 0.5) is 0 Å². The number of rotatable bonds is 10. The largest absolute Gasteiger partial charge is 0.493 e. The highest BCUT2D eigenvalue weighted by Gasteiger charge is 2.37. The molecule has 0 saturated heterocycles. The Balaban J connectivity index is 1.40. The number of nitrogens with zero attached hydrogens (tertiary/aromatic N) is 1. The first-order valence-corrected chi connectivity index (χ1v) is 9.06. The third-order valence-corrected chi connectivity index (χ3v) is 4.95. The Morgan fingerprint density at radius 3 is 2.54 bits per heavy atom. The predicted octanol–water partition coefficient (Wildman–Crippen LogP) is 1.52. The average molecular weight is 362 g/mol. The Morgan fingerprint density at radius 1 is 1.23 bits per heavy atom. The summed E-state index contributed by atoms with van der Waals surface area (Å²) in [6, 6.07) is 7.53. The van der Waals surface area contributed by atoms with Gasteiger partial charge in [0.05, 0.1) is 13.7 Å². The minimum atomic E-state index is -0.789. The van der Waals surface area contributed by atoms with E-state index in [1.807, 2.05) is 17.0 Å². The first-order valence-electron chi connectivity index (χ1n) is 9.06. The fraction of sp³-hybridized carbons (Fsp3) is 0.579. The zero-order valence-corrected chi connectivity index (χ0v) is 15.0. The van der Waals surface area contributed by atoms with Crippen LogP contribution in [0.3, 0.4) is 0 Å². The highest BCUT2D eigenvalue weighted by Crippen LogP contribution is 2.33.